The first-order valence-corrected chi connectivity index (χ1v) is 6.90. The van der Waals surface area contributed by atoms with Crippen molar-refractivity contribution in [3.63, 3.8) is 0 Å². The lowest BCUT2D eigenvalue weighted by Gasteiger charge is -2.21. The van der Waals surface area contributed by atoms with Gasteiger partial charge in [-0.3, -0.25) is 0 Å². The van der Waals surface area contributed by atoms with Crippen LogP contribution in [0, 0.1) is 11.6 Å². The van der Waals surface area contributed by atoms with Gasteiger partial charge in [0.15, 0.2) is 0 Å². The summed E-state index contributed by atoms with van der Waals surface area (Å²) in [6.45, 7) is 0.0456. The molecule has 0 bridgehead atoms. The highest BCUT2D eigenvalue weighted by atomic mass is 32.1. The zero-order chi connectivity index (χ0) is 14.7. The van der Waals surface area contributed by atoms with Gasteiger partial charge in [0, 0.05) is 28.8 Å². The Morgan fingerprint density at radius 2 is 2.10 bits per heavy atom. The normalized spacial score (nSPS) is 14.1. The van der Waals surface area contributed by atoms with Crippen molar-refractivity contribution in [2.75, 3.05) is 13.7 Å². The first-order chi connectivity index (χ1) is 9.56. The molecule has 2 unspecified atom stereocenters. The number of rotatable bonds is 5. The lowest BCUT2D eigenvalue weighted by atomic mass is 9.92. The number of aliphatic hydroxyl groups is 1. The van der Waals surface area contributed by atoms with Crippen LogP contribution < -0.4 is 10.5 Å². The van der Waals surface area contributed by atoms with Crippen molar-refractivity contribution in [3.8, 4) is 5.75 Å². The Bertz CT molecular complexity index is 588. The van der Waals surface area contributed by atoms with Gasteiger partial charge in [0.05, 0.1) is 13.2 Å². The summed E-state index contributed by atoms with van der Waals surface area (Å²) in [7, 11) is 1.53. The van der Waals surface area contributed by atoms with Crippen LogP contribution in [0.2, 0.25) is 0 Å². The van der Waals surface area contributed by atoms with Crippen LogP contribution in [0.1, 0.15) is 22.5 Å². The topological polar surface area (TPSA) is 55.5 Å². The predicted octanol–water partition coefficient (Wildman–Crippen LogP) is 2.81. The maximum absolute atomic E-state index is 13.8. The molecule has 2 atom stereocenters. The Labute approximate surface area is 119 Å². The van der Waals surface area contributed by atoms with E-state index in [4.69, 9.17) is 10.5 Å². The van der Waals surface area contributed by atoms with Gasteiger partial charge in [0.1, 0.15) is 17.4 Å². The minimum absolute atomic E-state index is 0.0456. The van der Waals surface area contributed by atoms with E-state index in [0.29, 0.717) is 10.6 Å². The van der Waals surface area contributed by atoms with Crippen molar-refractivity contribution in [3.05, 3.63) is 51.7 Å². The summed E-state index contributed by atoms with van der Waals surface area (Å²) < 4.78 is 31.8. The second-order valence-electron chi connectivity index (χ2n) is 4.34. The Kier molecular flexibility index (Phi) is 4.69. The number of nitrogens with two attached hydrogens (primary N) is 1. The molecule has 1 aromatic carbocycles. The molecule has 3 N–H and O–H groups in total. The molecule has 0 aliphatic rings. The number of methoxy groups -OCH3 is 1. The van der Waals surface area contributed by atoms with E-state index in [0.717, 1.165) is 12.1 Å². The third kappa shape index (κ3) is 2.98. The van der Waals surface area contributed by atoms with Gasteiger partial charge in [-0.05, 0) is 17.7 Å². The third-order valence-corrected chi connectivity index (χ3v) is 4.10. The highest BCUT2D eigenvalue weighted by molar-refractivity contribution is 7.10. The molecule has 108 valence electrons. The number of hydrogen-bond donors (Lipinski definition) is 2. The van der Waals surface area contributed by atoms with Gasteiger partial charge in [-0.25, -0.2) is 8.78 Å². The smallest absolute Gasteiger partial charge is 0.129 e. The fourth-order valence-corrected chi connectivity index (χ4v) is 2.93. The number of aliphatic hydroxyl groups excluding tert-OH is 1. The van der Waals surface area contributed by atoms with Gasteiger partial charge < -0.3 is 15.6 Å². The van der Waals surface area contributed by atoms with E-state index >= 15 is 0 Å². The maximum Gasteiger partial charge on any atom is 0.129 e. The molecule has 1 heterocycles. The predicted molar refractivity (Wildman–Crippen MR) is 74.0 cm³/mol. The quantitative estimate of drug-likeness (QED) is 0.892. The number of thiophene rings is 1. The largest absolute Gasteiger partial charge is 0.496 e. The molecule has 0 amide bonds. The molecule has 1 aromatic heterocycles. The molecular formula is C14H15F2NO2S. The van der Waals surface area contributed by atoms with Crippen molar-refractivity contribution >= 4 is 11.3 Å². The van der Waals surface area contributed by atoms with Crippen LogP contribution in [0.25, 0.3) is 0 Å². The minimum Gasteiger partial charge on any atom is -0.496 e. The van der Waals surface area contributed by atoms with E-state index in [1.54, 1.807) is 11.4 Å². The second kappa shape index (κ2) is 6.30. The van der Waals surface area contributed by atoms with Crippen LogP contribution in [0.15, 0.2) is 29.6 Å². The molecule has 3 nitrogen and oxygen atoms in total. The van der Waals surface area contributed by atoms with E-state index in [1.807, 2.05) is 0 Å². The first kappa shape index (κ1) is 14.9. The number of halogens is 2. The summed E-state index contributed by atoms with van der Waals surface area (Å²) in [6.07, 6.45) is -0.964. The van der Waals surface area contributed by atoms with E-state index in [1.165, 1.54) is 24.5 Å². The minimum atomic E-state index is -0.964. The summed E-state index contributed by atoms with van der Waals surface area (Å²) in [6, 6.07) is 4.94. The molecule has 0 radical (unpaired) electrons. The van der Waals surface area contributed by atoms with Crippen LogP contribution >= 0.6 is 11.3 Å². The third-order valence-electron chi connectivity index (χ3n) is 3.12. The maximum atomic E-state index is 13.8. The Hall–Kier alpha value is -1.50. The van der Waals surface area contributed by atoms with Crippen molar-refractivity contribution < 1.29 is 18.6 Å². The average Bonchev–Trinajstić information content (AvgIpc) is 2.90. The van der Waals surface area contributed by atoms with Gasteiger partial charge in [0.2, 0.25) is 0 Å². The molecule has 6 heteroatoms. The standard InChI is InChI=1S/C14H15F2NO2S/c1-19-9-5-13(20-7-9)14(18)11(6-17)10-3-2-8(15)4-12(10)16/h2-5,7,11,14,18H,6,17H2,1H3. The second-order valence-corrected chi connectivity index (χ2v) is 5.28. The molecule has 0 spiro atoms. The summed E-state index contributed by atoms with van der Waals surface area (Å²) in [4.78, 5) is 0.626. The van der Waals surface area contributed by atoms with Gasteiger partial charge in [-0.15, -0.1) is 11.3 Å². The van der Waals surface area contributed by atoms with Crippen LogP contribution in [0.4, 0.5) is 8.78 Å². The monoisotopic (exact) mass is 299 g/mol. The molecule has 0 aliphatic heterocycles. The summed E-state index contributed by atoms with van der Waals surface area (Å²) in [5.74, 6) is -1.38. The number of benzene rings is 1. The zero-order valence-corrected chi connectivity index (χ0v) is 11.7. The van der Waals surface area contributed by atoms with E-state index in [9.17, 15) is 13.9 Å². The van der Waals surface area contributed by atoms with Crippen molar-refractivity contribution in [1.29, 1.82) is 0 Å². The lowest BCUT2D eigenvalue weighted by Crippen LogP contribution is -2.20. The Morgan fingerprint density at radius 1 is 1.35 bits per heavy atom. The van der Waals surface area contributed by atoms with Gasteiger partial charge in [-0.2, -0.15) is 0 Å². The molecule has 0 saturated heterocycles. The molecule has 0 saturated carbocycles. The summed E-state index contributed by atoms with van der Waals surface area (Å²) in [5.41, 5.74) is 5.84. The first-order valence-electron chi connectivity index (χ1n) is 6.02. The Balaban J connectivity index is 2.31. The highest BCUT2D eigenvalue weighted by Crippen LogP contribution is 2.36. The zero-order valence-electron chi connectivity index (χ0n) is 10.8. The SMILES string of the molecule is COc1csc(C(O)C(CN)c2ccc(F)cc2F)c1. The Morgan fingerprint density at radius 3 is 2.65 bits per heavy atom. The van der Waals surface area contributed by atoms with Gasteiger partial charge in [-0.1, -0.05) is 6.07 Å². The fraction of sp³-hybridized carbons (Fsp3) is 0.286. The molecular weight excluding hydrogens is 284 g/mol. The van der Waals surface area contributed by atoms with Crippen molar-refractivity contribution in [1.82, 2.24) is 0 Å². The highest BCUT2D eigenvalue weighted by Gasteiger charge is 2.25. The van der Waals surface area contributed by atoms with Crippen molar-refractivity contribution in [2.45, 2.75) is 12.0 Å². The average molecular weight is 299 g/mol. The molecule has 0 fully saturated rings. The summed E-state index contributed by atoms with van der Waals surface area (Å²) in [5, 5.41) is 12.1. The van der Waals surface area contributed by atoms with Crippen LogP contribution in [-0.2, 0) is 0 Å². The van der Waals surface area contributed by atoms with Crippen LogP contribution in [0.5, 0.6) is 5.75 Å². The van der Waals surface area contributed by atoms with Crippen LogP contribution in [0.3, 0.4) is 0 Å². The van der Waals surface area contributed by atoms with E-state index in [-0.39, 0.29) is 12.1 Å². The van der Waals surface area contributed by atoms with Gasteiger partial charge >= 0.3 is 0 Å². The number of ether oxygens (including phenoxy) is 1. The molecule has 2 aromatic rings. The van der Waals surface area contributed by atoms with Crippen LogP contribution in [-0.4, -0.2) is 18.8 Å². The summed E-state index contributed by atoms with van der Waals surface area (Å²) >= 11 is 1.30. The van der Waals surface area contributed by atoms with Crippen molar-refractivity contribution in [2.24, 2.45) is 5.73 Å². The molecule has 2 rings (SSSR count). The van der Waals surface area contributed by atoms with Gasteiger partial charge in [0.25, 0.3) is 0 Å². The fourth-order valence-electron chi connectivity index (χ4n) is 2.02. The van der Waals surface area contributed by atoms with E-state index in [2.05, 4.69) is 0 Å². The number of hydrogen-bond acceptors (Lipinski definition) is 4. The lowest BCUT2D eigenvalue weighted by molar-refractivity contribution is 0.149. The molecule has 0 aliphatic carbocycles. The molecule has 20 heavy (non-hydrogen) atoms. The van der Waals surface area contributed by atoms with E-state index < -0.39 is 23.7 Å².